The predicted octanol–water partition coefficient (Wildman–Crippen LogP) is 3.61. The predicted molar refractivity (Wildman–Crippen MR) is 72.5 cm³/mol. The molecule has 6 heteroatoms. The maximum absolute atomic E-state index is 7.45. The number of hydrogen-bond donors (Lipinski definition) is 1. The summed E-state index contributed by atoms with van der Waals surface area (Å²) in [4.78, 5) is 0. The lowest BCUT2D eigenvalue weighted by atomic mass is 10.6. The maximum Gasteiger partial charge on any atom is 0.122 e. The molecule has 2 rings (SSSR count). The van der Waals surface area contributed by atoms with Gasteiger partial charge in [-0.15, -0.1) is 11.8 Å². The molecule has 2 aliphatic heterocycles. The third-order valence-corrected chi connectivity index (χ3v) is 9.46. The molecule has 2 fully saturated rings. The lowest BCUT2D eigenvalue weighted by Crippen LogP contribution is -2.03. The molecule has 0 aromatic rings. The highest BCUT2D eigenvalue weighted by Crippen LogP contribution is 2.53. The molecule has 0 saturated carbocycles. The summed E-state index contributed by atoms with van der Waals surface area (Å²) < 4.78 is 1.66. The van der Waals surface area contributed by atoms with Gasteiger partial charge in [0.15, 0.2) is 0 Å². The average molecular weight is 270 g/mol. The Hall–Kier alpha value is 1.42. The van der Waals surface area contributed by atoms with Crippen LogP contribution in [0, 0.1) is 5.41 Å². The van der Waals surface area contributed by atoms with E-state index in [2.05, 4.69) is 18.7 Å². The molecule has 0 bridgehead atoms. The monoisotopic (exact) mass is 269 g/mol. The van der Waals surface area contributed by atoms with Gasteiger partial charge in [-0.2, -0.15) is 0 Å². The highest BCUT2D eigenvalue weighted by atomic mass is 33.1. The maximum atomic E-state index is 7.45. The molecule has 3 atom stereocenters. The van der Waals surface area contributed by atoms with Gasteiger partial charge in [-0.3, -0.25) is 5.41 Å². The summed E-state index contributed by atoms with van der Waals surface area (Å²) in [6.45, 7) is 2.29. The fraction of sp³-hybridized carbons (Fsp3) is 0.857. The van der Waals surface area contributed by atoms with Crippen molar-refractivity contribution in [1.29, 1.82) is 5.41 Å². The molecule has 0 amide bonds. The van der Waals surface area contributed by atoms with Crippen LogP contribution in [0.15, 0.2) is 0 Å². The molecule has 13 heavy (non-hydrogen) atoms. The van der Waals surface area contributed by atoms with Gasteiger partial charge in [0.2, 0.25) is 0 Å². The summed E-state index contributed by atoms with van der Waals surface area (Å²) in [5.74, 6) is 2.35. The molecular weight excluding hydrogens is 258 g/mol. The van der Waals surface area contributed by atoms with E-state index in [0.29, 0.717) is 5.25 Å². The Balaban J connectivity index is 1.55. The largest absolute Gasteiger partial charge is 0.288 e. The minimum Gasteiger partial charge on any atom is -0.288 e. The van der Waals surface area contributed by atoms with Crippen LogP contribution in [-0.4, -0.2) is 31.0 Å². The zero-order chi connectivity index (χ0) is 9.26. The molecule has 0 aliphatic carbocycles. The van der Waals surface area contributed by atoms with E-state index < -0.39 is 0 Å². The van der Waals surface area contributed by atoms with Gasteiger partial charge >= 0.3 is 0 Å². The van der Waals surface area contributed by atoms with Crippen LogP contribution in [0.25, 0.3) is 0 Å². The summed E-state index contributed by atoms with van der Waals surface area (Å²) in [5, 5.41) is 9.01. The first-order valence-corrected chi connectivity index (χ1v) is 9.26. The van der Waals surface area contributed by atoms with Gasteiger partial charge in [0, 0.05) is 22.0 Å². The van der Waals surface area contributed by atoms with Gasteiger partial charge in [-0.25, -0.2) is 0 Å². The molecular formula is C7H11NS5. The number of hydrogen-bond acceptors (Lipinski definition) is 6. The summed E-state index contributed by atoms with van der Waals surface area (Å²) in [7, 11) is 4.02. The lowest BCUT2D eigenvalue weighted by molar-refractivity contribution is 1.17. The Morgan fingerprint density at radius 3 is 2.92 bits per heavy atom. The normalized spacial score (nSPS) is 38.2. The van der Waals surface area contributed by atoms with E-state index in [4.69, 9.17) is 5.41 Å². The Morgan fingerprint density at radius 2 is 2.38 bits per heavy atom. The highest BCUT2D eigenvalue weighted by Gasteiger charge is 2.35. The molecule has 2 aliphatic rings. The quantitative estimate of drug-likeness (QED) is 0.620. The van der Waals surface area contributed by atoms with E-state index >= 15 is 0 Å². The second-order valence-electron chi connectivity index (χ2n) is 2.93. The number of rotatable bonds is 4. The molecule has 0 aromatic carbocycles. The minimum atomic E-state index is 0.689. The standard InChI is InChI=1S/C7H11NS5/c1-4-6(11-4)13-10-3-5-2-9-7(8)12-5/h4-6,8H,2-3H2,1H3/t4?,5-,6?/m1/s1. The van der Waals surface area contributed by atoms with Crippen LogP contribution < -0.4 is 0 Å². The smallest absolute Gasteiger partial charge is 0.122 e. The van der Waals surface area contributed by atoms with E-state index in [1.54, 1.807) is 23.5 Å². The molecule has 2 unspecified atom stereocenters. The van der Waals surface area contributed by atoms with Crippen LogP contribution in [0.5, 0.6) is 0 Å². The van der Waals surface area contributed by atoms with Crippen LogP contribution in [0.1, 0.15) is 6.92 Å². The Bertz CT molecular complexity index is 209. The first-order valence-electron chi connectivity index (χ1n) is 4.07. The number of thioether (sulfide) groups is 3. The van der Waals surface area contributed by atoms with Crippen molar-refractivity contribution in [2.45, 2.75) is 22.0 Å². The topological polar surface area (TPSA) is 23.9 Å². The summed E-state index contributed by atoms with van der Waals surface area (Å²) in [6, 6.07) is 0. The van der Waals surface area contributed by atoms with Crippen LogP contribution in [0.4, 0.5) is 0 Å². The Morgan fingerprint density at radius 1 is 1.62 bits per heavy atom. The van der Waals surface area contributed by atoms with Crippen LogP contribution in [-0.2, 0) is 0 Å². The second-order valence-corrected chi connectivity index (χ2v) is 9.90. The van der Waals surface area contributed by atoms with E-state index in [9.17, 15) is 0 Å². The van der Waals surface area contributed by atoms with Crippen molar-refractivity contribution in [3.05, 3.63) is 0 Å². The zero-order valence-electron chi connectivity index (χ0n) is 7.19. The molecule has 0 aromatic heterocycles. The fourth-order valence-corrected chi connectivity index (χ4v) is 8.52. The lowest BCUT2D eigenvalue weighted by Gasteiger charge is -2.04. The van der Waals surface area contributed by atoms with Gasteiger partial charge in [-0.05, 0) is 0 Å². The van der Waals surface area contributed by atoms with Gasteiger partial charge < -0.3 is 0 Å². The Labute approximate surface area is 99.6 Å². The Kier molecular flexibility index (Phi) is 4.17. The number of nitrogens with one attached hydrogen (secondary N) is 1. The first-order chi connectivity index (χ1) is 6.25. The molecule has 0 radical (unpaired) electrons. The van der Waals surface area contributed by atoms with Crippen molar-refractivity contribution < 1.29 is 0 Å². The fourth-order valence-electron chi connectivity index (χ4n) is 0.920. The van der Waals surface area contributed by atoms with E-state index in [-0.39, 0.29) is 0 Å². The van der Waals surface area contributed by atoms with Crippen molar-refractivity contribution in [2.24, 2.45) is 0 Å². The van der Waals surface area contributed by atoms with Crippen molar-refractivity contribution in [3.8, 4) is 0 Å². The van der Waals surface area contributed by atoms with Crippen LogP contribution in [0.2, 0.25) is 0 Å². The third-order valence-electron chi connectivity index (χ3n) is 1.75. The van der Waals surface area contributed by atoms with E-state index in [0.717, 1.165) is 20.0 Å². The summed E-state index contributed by atoms with van der Waals surface area (Å²) >= 11 is 5.50. The first kappa shape index (κ1) is 10.9. The highest BCUT2D eigenvalue weighted by molar-refractivity contribution is 8.79. The summed E-state index contributed by atoms with van der Waals surface area (Å²) in [5.41, 5.74) is 0. The van der Waals surface area contributed by atoms with Crippen molar-refractivity contribution in [1.82, 2.24) is 0 Å². The molecule has 1 N–H and O–H groups in total. The van der Waals surface area contributed by atoms with Gasteiger partial charge in [0.05, 0.1) is 4.58 Å². The third kappa shape index (κ3) is 3.48. The minimum absolute atomic E-state index is 0.689. The van der Waals surface area contributed by atoms with Crippen molar-refractivity contribution in [2.75, 3.05) is 11.5 Å². The average Bonchev–Trinajstić information content (AvgIpc) is 2.60. The van der Waals surface area contributed by atoms with E-state index in [1.807, 2.05) is 21.6 Å². The van der Waals surface area contributed by atoms with Crippen molar-refractivity contribution in [3.63, 3.8) is 0 Å². The zero-order valence-corrected chi connectivity index (χ0v) is 11.3. The SMILES string of the molecule is CC1SC1SSC[C@H]1CSC(=N)S1. The van der Waals surface area contributed by atoms with E-state index in [1.165, 1.54) is 5.75 Å². The summed E-state index contributed by atoms with van der Waals surface area (Å²) in [6.07, 6.45) is 0. The van der Waals surface area contributed by atoms with Gasteiger partial charge in [0.1, 0.15) is 4.38 Å². The molecule has 2 heterocycles. The molecule has 0 spiro atoms. The van der Waals surface area contributed by atoms with Gasteiger partial charge in [-0.1, -0.05) is 52.0 Å². The van der Waals surface area contributed by atoms with Crippen molar-refractivity contribution >= 4 is 61.2 Å². The molecule has 2 saturated heterocycles. The molecule has 74 valence electrons. The van der Waals surface area contributed by atoms with Gasteiger partial charge in [0.25, 0.3) is 0 Å². The second kappa shape index (κ2) is 4.96. The van der Waals surface area contributed by atoms with Crippen LogP contribution >= 0.6 is 56.9 Å². The molecule has 1 nitrogen and oxygen atoms in total. The van der Waals surface area contributed by atoms with Crippen LogP contribution in [0.3, 0.4) is 0 Å².